The highest BCUT2D eigenvalue weighted by molar-refractivity contribution is 8.08. The van der Waals surface area contributed by atoms with Gasteiger partial charge >= 0.3 is 0 Å². The van der Waals surface area contributed by atoms with Crippen LogP contribution in [-0.4, -0.2) is 34.6 Å². The lowest BCUT2D eigenvalue weighted by atomic mass is 10.3. The number of thioether (sulfide) groups is 1. The number of carbonyl (C=O) groups excluding carboxylic acids is 1. The molecule has 0 saturated carbocycles. The lowest BCUT2D eigenvalue weighted by Crippen LogP contribution is -2.36. The number of carbonyl (C=O) groups is 1. The van der Waals surface area contributed by atoms with Crippen LogP contribution in [0.3, 0.4) is 0 Å². The van der Waals surface area contributed by atoms with E-state index < -0.39 is 0 Å². The Balaban J connectivity index is 1.84. The van der Waals surface area contributed by atoms with Crippen molar-refractivity contribution in [1.29, 1.82) is 0 Å². The van der Waals surface area contributed by atoms with E-state index in [1.165, 1.54) is 16.2 Å². The first-order valence-corrected chi connectivity index (χ1v) is 12.2. The molecule has 0 spiro atoms. The predicted octanol–water partition coefficient (Wildman–Crippen LogP) is 2.78. The number of anilines is 2. The number of thiocarbonyl (C=S) groups is 1. The Hall–Kier alpha value is -3.14. The highest BCUT2D eigenvalue weighted by Crippen LogP contribution is 2.45. The number of para-hydroxylation sites is 2. The molecule has 1 fully saturated rings. The molecule has 2 aromatic carbocycles. The summed E-state index contributed by atoms with van der Waals surface area (Å²) in [5.41, 5.74) is 2.06. The summed E-state index contributed by atoms with van der Waals surface area (Å²) < 4.78 is 2.76. The van der Waals surface area contributed by atoms with Gasteiger partial charge < -0.3 is 4.90 Å². The first-order valence-electron chi connectivity index (χ1n) is 10.2. The Morgan fingerprint density at radius 3 is 2.39 bits per heavy atom. The highest BCUT2D eigenvalue weighted by atomic mass is 32.2. The molecular formula is C24H20N4O2S3. The van der Waals surface area contributed by atoms with Gasteiger partial charge in [0.25, 0.3) is 11.5 Å². The molecular weight excluding hydrogens is 472 g/mol. The first kappa shape index (κ1) is 21.7. The van der Waals surface area contributed by atoms with Crippen molar-refractivity contribution in [3.63, 3.8) is 0 Å². The fraction of sp³-hybridized carbons (Fsp3) is 0.125. The van der Waals surface area contributed by atoms with E-state index in [0.717, 1.165) is 21.3 Å². The number of aromatic nitrogens is 1. The van der Waals surface area contributed by atoms with Crippen LogP contribution in [0.5, 0.6) is 0 Å². The minimum atomic E-state index is -0.241. The number of amides is 1. The van der Waals surface area contributed by atoms with Crippen LogP contribution < -0.4 is 24.6 Å². The van der Waals surface area contributed by atoms with Gasteiger partial charge in [-0.25, -0.2) is 0 Å². The molecule has 0 aliphatic carbocycles. The maximum Gasteiger partial charge on any atom is 0.279 e. The summed E-state index contributed by atoms with van der Waals surface area (Å²) >= 11 is 8.49. The molecule has 2 aliphatic rings. The van der Waals surface area contributed by atoms with E-state index in [2.05, 4.69) is 6.58 Å². The third-order valence-corrected chi connectivity index (χ3v) is 8.55. The van der Waals surface area contributed by atoms with Crippen LogP contribution in [0.25, 0.3) is 10.7 Å². The van der Waals surface area contributed by atoms with Gasteiger partial charge in [0.15, 0.2) is 5.11 Å². The predicted molar refractivity (Wildman–Crippen MR) is 140 cm³/mol. The normalized spacial score (nSPS) is 18.9. The molecule has 0 unspecified atom stereocenters. The number of hydrogen-bond acceptors (Lipinski definition) is 6. The molecule has 6 nitrogen and oxygen atoms in total. The molecule has 33 heavy (non-hydrogen) atoms. The van der Waals surface area contributed by atoms with E-state index in [0.29, 0.717) is 20.0 Å². The second-order valence-corrected chi connectivity index (χ2v) is 9.94. The van der Waals surface area contributed by atoms with Crippen LogP contribution >= 0.6 is 35.3 Å². The van der Waals surface area contributed by atoms with Gasteiger partial charge in [-0.05, 0) is 36.5 Å². The van der Waals surface area contributed by atoms with Gasteiger partial charge in [-0.15, -0.1) is 17.9 Å². The van der Waals surface area contributed by atoms with Gasteiger partial charge in [0.2, 0.25) is 0 Å². The van der Waals surface area contributed by atoms with Crippen molar-refractivity contribution in [3.05, 3.63) is 86.8 Å². The van der Waals surface area contributed by atoms with Crippen molar-refractivity contribution >= 4 is 68.4 Å². The lowest BCUT2D eigenvalue weighted by Gasteiger charge is -2.18. The van der Waals surface area contributed by atoms with Crippen molar-refractivity contribution in [3.8, 4) is 0 Å². The summed E-state index contributed by atoms with van der Waals surface area (Å²) in [7, 11) is 3.61. The third kappa shape index (κ3) is 3.35. The Labute approximate surface area is 204 Å². The van der Waals surface area contributed by atoms with Crippen molar-refractivity contribution in [1.82, 2.24) is 9.47 Å². The molecule has 0 radical (unpaired) electrons. The molecule has 9 heteroatoms. The van der Waals surface area contributed by atoms with Crippen molar-refractivity contribution in [2.24, 2.45) is 0 Å². The van der Waals surface area contributed by atoms with Gasteiger partial charge in [-0.3, -0.25) is 24.0 Å². The number of benzene rings is 2. The number of hydrogen-bond donors (Lipinski definition) is 0. The zero-order chi connectivity index (χ0) is 23.3. The van der Waals surface area contributed by atoms with Crippen LogP contribution in [0.2, 0.25) is 0 Å². The van der Waals surface area contributed by atoms with Crippen LogP contribution in [0, 0.1) is 0 Å². The lowest BCUT2D eigenvalue weighted by molar-refractivity contribution is -0.119. The number of allylic oxidation sites excluding steroid dienone is 1. The zero-order valence-electron chi connectivity index (χ0n) is 18.0. The summed E-state index contributed by atoms with van der Waals surface area (Å²) in [6.45, 7) is 4.11. The van der Waals surface area contributed by atoms with Crippen LogP contribution in [0.15, 0.2) is 76.9 Å². The number of thiazole rings is 1. The Morgan fingerprint density at radius 1 is 1.00 bits per heavy atom. The molecule has 0 atom stereocenters. The van der Waals surface area contributed by atoms with Gasteiger partial charge in [0, 0.05) is 31.2 Å². The maximum atomic E-state index is 13.6. The van der Waals surface area contributed by atoms with Gasteiger partial charge in [-0.1, -0.05) is 48.2 Å². The molecule has 0 N–H and O–H groups in total. The van der Waals surface area contributed by atoms with Crippen molar-refractivity contribution in [2.45, 2.75) is 11.4 Å². The second-order valence-electron chi connectivity index (χ2n) is 7.54. The minimum absolute atomic E-state index is 0.147. The molecule has 166 valence electrons. The molecule has 3 aromatic rings. The van der Waals surface area contributed by atoms with Crippen molar-refractivity contribution < 1.29 is 4.79 Å². The molecule has 1 aromatic heterocycles. The molecule has 0 bridgehead atoms. The van der Waals surface area contributed by atoms with Gasteiger partial charge in [0.1, 0.15) is 19.9 Å². The fourth-order valence-electron chi connectivity index (χ4n) is 3.91. The topological polar surface area (TPSA) is 48.8 Å². The number of rotatable bonds is 3. The summed E-state index contributed by atoms with van der Waals surface area (Å²) in [6, 6.07) is 17.5. The van der Waals surface area contributed by atoms with E-state index in [1.807, 2.05) is 66.5 Å². The Morgan fingerprint density at radius 2 is 1.70 bits per heavy atom. The molecule has 3 heterocycles. The van der Waals surface area contributed by atoms with Crippen molar-refractivity contribution in [2.75, 3.05) is 23.9 Å². The van der Waals surface area contributed by atoms with Gasteiger partial charge in [0.05, 0.1) is 5.69 Å². The Bertz CT molecular complexity index is 1490. The summed E-state index contributed by atoms with van der Waals surface area (Å²) in [4.78, 5) is 33.3. The largest absolute Gasteiger partial charge is 0.337 e. The highest BCUT2D eigenvalue weighted by Gasteiger charge is 2.38. The third-order valence-electron chi connectivity index (χ3n) is 5.55. The summed E-state index contributed by atoms with van der Waals surface area (Å²) in [6.07, 6.45) is 1.67. The average Bonchev–Trinajstić information content (AvgIpc) is 3.41. The van der Waals surface area contributed by atoms with E-state index in [-0.39, 0.29) is 18.0 Å². The number of nitrogens with zero attached hydrogens (tertiary/aromatic N) is 4. The molecule has 1 saturated heterocycles. The standard InChI is InChI=1S/C24H20N4O2S3/c1-4-14-27-21(30)19(23-25(2)16-12-8-9-13-17(16)32-23)33-22(27)18-20(29)26(3)24(31)28(18)15-10-6-5-7-11-15/h4-13H,1,14H2,2-3H3. The number of fused-ring (bicyclic) bond motifs is 1. The smallest absolute Gasteiger partial charge is 0.279 e. The maximum absolute atomic E-state index is 13.6. The second kappa shape index (κ2) is 8.33. The molecule has 2 aliphatic heterocycles. The van der Waals surface area contributed by atoms with E-state index in [9.17, 15) is 9.59 Å². The number of likely N-dealkylation sites (N-methyl/N-ethyl adjacent to an activating group) is 1. The molecule has 1 amide bonds. The van der Waals surface area contributed by atoms with Crippen LogP contribution in [0.1, 0.15) is 0 Å². The Kier molecular flexibility index (Phi) is 5.48. The van der Waals surface area contributed by atoms with Crippen LogP contribution in [0.4, 0.5) is 11.4 Å². The minimum Gasteiger partial charge on any atom is -0.337 e. The van der Waals surface area contributed by atoms with Crippen LogP contribution in [-0.2, 0) is 11.3 Å². The summed E-state index contributed by atoms with van der Waals surface area (Å²) in [5.74, 6) is -0.241. The SMILES string of the molecule is C=CCn1c(=C2C(=O)N(C)C(=S)N2c2ccccc2)sc(=C2Sc3ccccc3N2C)c1=O. The van der Waals surface area contributed by atoms with E-state index >= 15 is 0 Å². The van der Waals surface area contributed by atoms with E-state index in [1.54, 1.807) is 34.4 Å². The zero-order valence-corrected chi connectivity index (χ0v) is 20.5. The van der Waals surface area contributed by atoms with E-state index in [4.69, 9.17) is 12.2 Å². The summed E-state index contributed by atoms with van der Waals surface area (Å²) in [5, 5.41) is 1.23. The molecule has 5 rings (SSSR count). The van der Waals surface area contributed by atoms with Gasteiger partial charge in [-0.2, -0.15) is 0 Å². The average molecular weight is 493 g/mol. The monoisotopic (exact) mass is 492 g/mol. The first-order chi connectivity index (χ1) is 15.9. The quantitative estimate of drug-likeness (QED) is 0.414. The fourth-order valence-corrected chi connectivity index (χ4v) is 6.68.